The predicted octanol–water partition coefficient (Wildman–Crippen LogP) is 2.88. The number of carbonyl (C=O) groups excluding carboxylic acids is 4. The Morgan fingerprint density at radius 3 is 2.31 bits per heavy atom. The molecule has 0 aliphatic rings. The fourth-order valence-corrected chi connectivity index (χ4v) is 2.83. The lowest BCUT2D eigenvalue weighted by Crippen LogP contribution is -2.34. The SMILES string of the molecule is COc1ccccc1C(=O)NC(=O)COC(=O)CCC(=O)c1ccc(SC)cc1. The van der Waals surface area contributed by atoms with Crippen molar-refractivity contribution in [2.24, 2.45) is 0 Å². The van der Waals surface area contributed by atoms with Gasteiger partial charge in [0.05, 0.1) is 19.1 Å². The monoisotopic (exact) mass is 415 g/mol. The summed E-state index contributed by atoms with van der Waals surface area (Å²) in [7, 11) is 1.41. The molecule has 2 rings (SSSR count). The standard InChI is InChI=1S/C21H21NO6S/c1-27-18-6-4-3-5-16(18)21(26)22-19(24)13-28-20(25)12-11-17(23)14-7-9-15(29-2)10-8-14/h3-10H,11-13H2,1-2H3,(H,22,24,26). The van der Waals surface area contributed by atoms with Gasteiger partial charge in [-0.3, -0.25) is 24.5 Å². The molecule has 0 aliphatic heterocycles. The maximum absolute atomic E-state index is 12.1. The van der Waals surface area contributed by atoms with Gasteiger partial charge in [-0.05, 0) is 30.5 Å². The average Bonchev–Trinajstić information content (AvgIpc) is 2.75. The summed E-state index contributed by atoms with van der Waals surface area (Å²) in [6, 6.07) is 13.5. The Morgan fingerprint density at radius 1 is 0.966 bits per heavy atom. The van der Waals surface area contributed by atoms with Gasteiger partial charge in [0.15, 0.2) is 12.4 Å². The van der Waals surface area contributed by atoms with Gasteiger partial charge in [-0.15, -0.1) is 11.8 Å². The molecule has 2 aromatic carbocycles. The van der Waals surface area contributed by atoms with Crippen LogP contribution < -0.4 is 10.1 Å². The first-order valence-electron chi connectivity index (χ1n) is 8.74. The highest BCUT2D eigenvalue weighted by Gasteiger charge is 2.16. The number of methoxy groups -OCH3 is 1. The van der Waals surface area contributed by atoms with Gasteiger partial charge in [-0.2, -0.15) is 0 Å². The van der Waals surface area contributed by atoms with Crippen molar-refractivity contribution < 1.29 is 28.7 Å². The summed E-state index contributed by atoms with van der Waals surface area (Å²) in [6.45, 7) is -0.615. The zero-order chi connectivity index (χ0) is 21.2. The lowest BCUT2D eigenvalue weighted by molar-refractivity contribution is -0.148. The van der Waals surface area contributed by atoms with Crippen LogP contribution in [0.3, 0.4) is 0 Å². The van der Waals surface area contributed by atoms with Gasteiger partial charge in [-0.1, -0.05) is 24.3 Å². The number of rotatable bonds is 9. The van der Waals surface area contributed by atoms with Gasteiger partial charge in [0, 0.05) is 16.9 Å². The summed E-state index contributed by atoms with van der Waals surface area (Å²) in [6.07, 6.45) is 1.75. The van der Waals surface area contributed by atoms with Crippen LogP contribution in [0.5, 0.6) is 5.75 Å². The Kier molecular flexibility index (Phi) is 8.42. The minimum Gasteiger partial charge on any atom is -0.496 e. The number of hydrogen-bond donors (Lipinski definition) is 1. The molecule has 0 unspecified atom stereocenters. The molecule has 0 heterocycles. The third-order valence-corrected chi connectivity index (χ3v) is 4.68. The molecule has 0 spiro atoms. The number of hydrogen-bond acceptors (Lipinski definition) is 7. The predicted molar refractivity (Wildman–Crippen MR) is 108 cm³/mol. The van der Waals surface area contributed by atoms with E-state index in [-0.39, 0.29) is 24.2 Å². The highest BCUT2D eigenvalue weighted by atomic mass is 32.2. The number of ether oxygens (including phenoxy) is 2. The quantitative estimate of drug-likeness (QED) is 0.382. The Bertz CT molecular complexity index is 894. The molecule has 7 nitrogen and oxygen atoms in total. The maximum Gasteiger partial charge on any atom is 0.306 e. The molecule has 0 saturated carbocycles. The smallest absolute Gasteiger partial charge is 0.306 e. The fraction of sp³-hybridized carbons (Fsp3) is 0.238. The van der Waals surface area contributed by atoms with Crippen molar-refractivity contribution in [1.82, 2.24) is 5.32 Å². The fourth-order valence-electron chi connectivity index (χ4n) is 2.42. The van der Waals surface area contributed by atoms with Crippen LogP contribution in [0.15, 0.2) is 53.4 Å². The molecule has 2 aromatic rings. The molecular formula is C21H21NO6S. The highest BCUT2D eigenvalue weighted by Crippen LogP contribution is 2.17. The molecule has 0 bridgehead atoms. The Labute approximate surface area is 172 Å². The second-order valence-corrected chi connectivity index (χ2v) is 6.77. The molecule has 0 aliphatic carbocycles. The van der Waals surface area contributed by atoms with Crippen molar-refractivity contribution in [3.05, 3.63) is 59.7 Å². The van der Waals surface area contributed by atoms with E-state index in [4.69, 9.17) is 9.47 Å². The van der Waals surface area contributed by atoms with Gasteiger partial charge in [0.25, 0.3) is 11.8 Å². The van der Waals surface area contributed by atoms with Gasteiger partial charge in [0.2, 0.25) is 0 Å². The molecule has 0 radical (unpaired) electrons. The van der Waals surface area contributed by atoms with E-state index in [1.54, 1.807) is 42.1 Å². The van der Waals surface area contributed by atoms with Crippen LogP contribution in [0.25, 0.3) is 0 Å². The molecule has 0 aromatic heterocycles. The van der Waals surface area contributed by atoms with Crippen LogP contribution in [0, 0.1) is 0 Å². The molecule has 0 fully saturated rings. The molecule has 0 atom stereocenters. The third kappa shape index (κ3) is 6.76. The molecule has 29 heavy (non-hydrogen) atoms. The molecule has 2 amide bonds. The lowest BCUT2D eigenvalue weighted by atomic mass is 10.1. The van der Waals surface area contributed by atoms with Crippen LogP contribution in [0.1, 0.15) is 33.6 Å². The van der Waals surface area contributed by atoms with Gasteiger partial charge < -0.3 is 9.47 Å². The first kappa shape index (κ1) is 22.2. The van der Waals surface area contributed by atoms with Crippen molar-refractivity contribution in [3.63, 3.8) is 0 Å². The largest absolute Gasteiger partial charge is 0.496 e. The number of nitrogens with one attached hydrogen (secondary N) is 1. The van der Waals surface area contributed by atoms with Crippen LogP contribution in [-0.2, 0) is 14.3 Å². The van der Waals surface area contributed by atoms with E-state index in [2.05, 4.69) is 5.32 Å². The Morgan fingerprint density at radius 2 is 1.66 bits per heavy atom. The third-order valence-electron chi connectivity index (χ3n) is 3.94. The second-order valence-electron chi connectivity index (χ2n) is 5.89. The van der Waals surface area contributed by atoms with E-state index < -0.39 is 24.4 Å². The maximum atomic E-state index is 12.1. The topological polar surface area (TPSA) is 98.8 Å². The zero-order valence-corrected chi connectivity index (χ0v) is 16.9. The second kappa shape index (κ2) is 11.0. The van der Waals surface area contributed by atoms with Crippen molar-refractivity contribution in [1.29, 1.82) is 0 Å². The number of ketones is 1. The number of imide groups is 1. The van der Waals surface area contributed by atoms with Crippen LogP contribution in [-0.4, -0.2) is 43.5 Å². The van der Waals surface area contributed by atoms with Crippen molar-refractivity contribution >= 4 is 35.3 Å². The lowest BCUT2D eigenvalue weighted by Gasteiger charge is -2.08. The van der Waals surface area contributed by atoms with E-state index in [1.165, 1.54) is 13.2 Å². The van der Waals surface area contributed by atoms with E-state index in [1.807, 2.05) is 18.4 Å². The van der Waals surface area contributed by atoms with Gasteiger partial charge in [0.1, 0.15) is 5.75 Å². The highest BCUT2D eigenvalue weighted by molar-refractivity contribution is 7.98. The minimum atomic E-state index is -0.770. The summed E-state index contributed by atoms with van der Waals surface area (Å²) in [4.78, 5) is 48.8. The average molecular weight is 415 g/mol. The number of para-hydroxylation sites is 1. The Hall–Kier alpha value is -3.13. The molecule has 8 heteroatoms. The molecule has 0 saturated heterocycles. The van der Waals surface area contributed by atoms with E-state index in [0.717, 1.165) is 4.90 Å². The number of thioether (sulfide) groups is 1. The molecular weight excluding hydrogens is 394 g/mol. The number of Topliss-reactive ketones (excluding diaryl/α,β-unsaturated/α-hetero) is 1. The first-order chi connectivity index (χ1) is 13.9. The summed E-state index contributed by atoms with van der Waals surface area (Å²) in [5.41, 5.74) is 0.698. The molecule has 152 valence electrons. The summed E-state index contributed by atoms with van der Waals surface area (Å²) < 4.78 is 9.89. The van der Waals surface area contributed by atoms with Crippen molar-refractivity contribution in [3.8, 4) is 5.75 Å². The molecule has 1 N–H and O–H groups in total. The number of amides is 2. The number of carbonyl (C=O) groups is 4. The van der Waals surface area contributed by atoms with E-state index in [9.17, 15) is 19.2 Å². The Balaban J connectivity index is 1.75. The van der Waals surface area contributed by atoms with Crippen LogP contribution >= 0.6 is 11.8 Å². The normalized spacial score (nSPS) is 10.1. The summed E-state index contributed by atoms with van der Waals surface area (Å²) >= 11 is 1.57. The van der Waals surface area contributed by atoms with E-state index >= 15 is 0 Å². The number of esters is 1. The summed E-state index contributed by atoms with van der Waals surface area (Å²) in [5, 5.41) is 2.12. The first-order valence-corrected chi connectivity index (χ1v) is 9.97. The van der Waals surface area contributed by atoms with Gasteiger partial charge >= 0.3 is 5.97 Å². The number of benzene rings is 2. The summed E-state index contributed by atoms with van der Waals surface area (Å²) in [5.74, 6) is -2.00. The van der Waals surface area contributed by atoms with E-state index in [0.29, 0.717) is 11.3 Å². The van der Waals surface area contributed by atoms with Crippen molar-refractivity contribution in [2.75, 3.05) is 20.0 Å². The zero-order valence-electron chi connectivity index (χ0n) is 16.1. The van der Waals surface area contributed by atoms with Crippen LogP contribution in [0.4, 0.5) is 0 Å². The van der Waals surface area contributed by atoms with Gasteiger partial charge in [-0.25, -0.2) is 0 Å². The van der Waals surface area contributed by atoms with Crippen LogP contribution in [0.2, 0.25) is 0 Å². The minimum absolute atomic E-state index is 0.0286. The van der Waals surface area contributed by atoms with Crippen molar-refractivity contribution in [2.45, 2.75) is 17.7 Å².